The fraction of sp³-hybridized carbons (Fsp3) is 0.611. The zero-order valence-electron chi connectivity index (χ0n) is 15.5. The van der Waals surface area contributed by atoms with Gasteiger partial charge < -0.3 is 19.5 Å². The van der Waals surface area contributed by atoms with Crippen LogP contribution in [0.1, 0.15) is 32.5 Å². The van der Waals surface area contributed by atoms with E-state index < -0.39 is 0 Å². The third kappa shape index (κ3) is 4.28. The van der Waals surface area contributed by atoms with E-state index in [-0.39, 0.29) is 12.1 Å². The molecule has 25 heavy (non-hydrogen) atoms. The molecule has 136 valence electrons. The Hall–Kier alpha value is -2.15. The third-order valence-electron chi connectivity index (χ3n) is 4.70. The minimum Gasteiger partial charge on any atom is -0.376 e. The van der Waals surface area contributed by atoms with Crippen molar-refractivity contribution in [3.8, 4) is 0 Å². The normalized spacial score (nSPS) is 20.7. The van der Waals surface area contributed by atoms with E-state index in [2.05, 4.69) is 39.0 Å². The van der Waals surface area contributed by atoms with Crippen molar-refractivity contribution in [3.63, 3.8) is 0 Å². The molecule has 0 bridgehead atoms. The summed E-state index contributed by atoms with van der Waals surface area (Å²) in [6.45, 7) is 5.96. The van der Waals surface area contributed by atoms with E-state index in [0.717, 1.165) is 36.9 Å². The predicted octanol–water partition coefficient (Wildman–Crippen LogP) is 2.46. The van der Waals surface area contributed by atoms with Crippen LogP contribution in [0.25, 0.3) is 0 Å². The van der Waals surface area contributed by atoms with Crippen LogP contribution >= 0.6 is 0 Å². The molecule has 7 heteroatoms. The van der Waals surface area contributed by atoms with Crippen LogP contribution in [-0.2, 0) is 18.3 Å². The van der Waals surface area contributed by atoms with Crippen molar-refractivity contribution in [2.24, 2.45) is 13.0 Å². The van der Waals surface area contributed by atoms with Crippen molar-refractivity contribution in [2.75, 3.05) is 23.9 Å². The van der Waals surface area contributed by atoms with Crippen molar-refractivity contribution in [2.45, 2.75) is 45.4 Å². The summed E-state index contributed by atoms with van der Waals surface area (Å²) in [5.41, 5.74) is 0. The number of rotatable bonds is 6. The van der Waals surface area contributed by atoms with Crippen LogP contribution in [0.3, 0.4) is 0 Å². The maximum Gasteiger partial charge on any atom is 0.134 e. The first kappa shape index (κ1) is 17.7. The average molecular weight is 344 g/mol. The van der Waals surface area contributed by atoms with Gasteiger partial charge in [0, 0.05) is 39.2 Å². The molecule has 0 aliphatic carbocycles. The molecule has 3 rings (SSSR count). The highest BCUT2D eigenvalue weighted by molar-refractivity contribution is 5.48. The van der Waals surface area contributed by atoms with Gasteiger partial charge in [0.05, 0.1) is 18.7 Å². The van der Waals surface area contributed by atoms with E-state index in [9.17, 15) is 0 Å². The van der Waals surface area contributed by atoms with Gasteiger partial charge in [-0.25, -0.2) is 15.0 Å². The minimum absolute atomic E-state index is 0.220. The largest absolute Gasteiger partial charge is 0.376 e. The van der Waals surface area contributed by atoms with Crippen LogP contribution in [0.4, 0.5) is 11.6 Å². The second kappa shape index (κ2) is 7.82. The summed E-state index contributed by atoms with van der Waals surface area (Å²) in [6.07, 6.45) is 7.78. The Kier molecular flexibility index (Phi) is 5.53. The first-order valence-corrected chi connectivity index (χ1v) is 8.92. The summed E-state index contributed by atoms with van der Waals surface area (Å²) in [7, 11) is 4.01. The van der Waals surface area contributed by atoms with Gasteiger partial charge in [0.25, 0.3) is 0 Å². The van der Waals surface area contributed by atoms with E-state index in [1.807, 2.05) is 37.1 Å². The highest BCUT2D eigenvalue weighted by Gasteiger charge is 2.28. The van der Waals surface area contributed by atoms with Gasteiger partial charge in [-0.1, -0.05) is 13.8 Å². The van der Waals surface area contributed by atoms with Gasteiger partial charge >= 0.3 is 0 Å². The number of nitrogens with one attached hydrogen (secondary N) is 1. The molecule has 0 spiro atoms. The Balaban J connectivity index is 1.69. The maximum absolute atomic E-state index is 5.96. The lowest BCUT2D eigenvalue weighted by Crippen LogP contribution is -2.43. The number of hydrogen-bond acceptors (Lipinski definition) is 6. The first-order chi connectivity index (χ1) is 12.0. The molecule has 1 N–H and O–H groups in total. The maximum atomic E-state index is 5.96. The Morgan fingerprint density at radius 3 is 2.92 bits per heavy atom. The number of hydrogen-bond donors (Lipinski definition) is 1. The number of aromatic nitrogens is 4. The molecule has 0 saturated carbocycles. The van der Waals surface area contributed by atoms with Gasteiger partial charge in [0.15, 0.2) is 0 Å². The molecule has 0 aromatic carbocycles. The summed E-state index contributed by atoms with van der Waals surface area (Å²) in [6, 6.07) is 2.28. The van der Waals surface area contributed by atoms with E-state index in [0.29, 0.717) is 12.5 Å². The zero-order valence-corrected chi connectivity index (χ0v) is 15.5. The lowest BCUT2D eigenvalue weighted by molar-refractivity contribution is -0.0203. The summed E-state index contributed by atoms with van der Waals surface area (Å²) < 4.78 is 7.98. The third-order valence-corrected chi connectivity index (χ3v) is 4.70. The Morgan fingerprint density at radius 1 is 1.36 bits per heavy atom. The van der Waals surface area contributed by atoms with Crippen LogP contribution in [-0.4, -0.2) is 45.3 Å². The van der Waals surface area contributed by atoms with Crippen molar-refractivity contribution in [3.05, 3.63) is 30.6 Å². The van der Waals surface area contributed by atoms with Gasteiger partial charge in [-0.3, -0.25) is 0 Å². The van der Waals surface area contributed by atoms with E-state index in [1.165, 1.54) is 0 Å². The molecule has 1 saturated heterocycles. The average Bonchev–Trinajstić information content (AvgIpc) is 3.00. The molecule has 2 aromatic rings. The first-order valence-electron chi connectivity index (χ1n) is 8.92. The molecule has 0 unspecified atom stereocenters. The van der Waals surface area contributed by atoms with Gasteiger partial charge in [-0.05, 0) is 18.8 Å². The fourth-order valence-corrected chi connectivity index (χ4v) is 3.28. The van der Waals surface area contributed by atoms with E-state index in [4.69, 9.17) is 4.74 Å². The molecule has 7 nitrogen and oxygen atoms in total. The van der Waals surface area contributed by atoms with Crippen molar-refractivity contribution < 1.29 is 4.74 Å². The second-order valence-electron chi connectivity index (χ2n) is 7.04. The standard InChI is InChI=1S/C18H28N6O/c1-13(2)18-14(6-5-9-25-18)22-15-10-16(21-12-20-15)24(4)11-17-19-7-8-23(17)3/h7-8,10,12-14,18H,5-6,9,11H2,1-4H3,(H,20,21,22)/t14-,18-/m0/s1. The quantitative estimate of drug-likeness (QED) is 0.868. The van der Waals surface area contributed by atoms with Gasteiger partial charge in [-0.15, -0.1) is 0 Å². The molecule has 2 aromatic heterocycles. The van der Waals surface area contributed by atoms with Crippen LogP contribution in [0.5, 0.6) is 0 Å². The molecule has 1 aliphatic rings. The second-order valence-corrected chi connectivity index (χ2v) is 7.04. The lowest BCUT2D eigenvalue weighted by atomic mass is 9.94. The highest BCUT2D eigenvalue weighted by Crippen LogP contribution is 2.24. The number of ether oxygens (including phenoxy) is 1. The molecule has 0 radical (unpaired) electrons. The fourth-order valence-electron chi connectivity index (χ4n) is 3.28. The molecular weight excluding hydrogens is 316 g/mol. The van der Waals surface area contributed by atoms with Gasteiger partial charge in [0.2, 0.25) is 0 Å². The van der Waals surface area contributed by atoms with Crippen LogP contribution in [0.15, 0.2) is 24.8 Å². The van der Waals surface area contributed by atoms with Crippen molar-refractivity contribution >= 4 is 11.6 Å². The molecule has 1 fully saturated rings. The Labute approximate surface area is 149 Å². The molecular formula is C18H28N6O. The molecule has 0 amide bonds. The lowest BCUT2D eigenvalue weighted by Gasteiger charge is -2.35. The Bertz CT molecular complexity index is 686. The van der Waals surface area contributed by atoms with Crippen LogP contribution in [0.2, 0.25) is 0 Å². The monoisotopic (exact) mass is 344 g/mol. The van der Waals surface area contributed by atoms with E-state index >= 15 is 0 Å². The topological polar surface area (TPSA) is 68.1 Å². The molecule has 2 atom stereocenters. The molecule has 1 aliphatic heterocycles. The van der Waals surface area contributed by atoms with Crippen molar-refractivity contribution in [1.29, 1.82) is 0 Å². The smallest absolute Gasteiger partial charge is 0.134 e. The van der Waals surface area contributed by atoms with Crippen LogP contribution < -0.4 is 10.2 Å². The van der Waals surface area contributed by atoms with Gasteiger partial charge in [0.1, 0.15) is 23.8 Å². The SMILES string of the molecule is CC(C)[C@@H]1OCCC[C@@H]1Nc1cc(N(C)Cc2nccn2C)ncn1. The summed E-state index contributed by atoms with van der Waals surface area (Å²) in [5.74, 6) is 3.19. The Morgan fingerprint density at radius 2 is 2.20 bits per heavy atom. The number of anilines is 2. The number of nitrogens with zero attached hydrogens (tertiary/aromatic N) is 5. The molecule has 3 heterocycles. The number of imidazole rings is 1. The highest BCUT2D eigenvalue weighted by atomic mass is 16.5. The zero-order chi connectivity index (χ0) is 17.8. The minimum atomic E-state index is 0.220. The predicted molar refractivity (Wildman–Crippen MR) is 98.6 cm³/mol. The summed E-state index contributed by atoms with van der Waals surface area (Å²) >= 11 is 0. The summed E-state index contributed by atoms with van der Waals surface area (Å²) in [5, 5.41) is 3.55. The van der Waals surface area contributed by atoms with Crippen molar-refractivity contribution in [1.82, 2.24) is 19.5 Å². The van der Waals surface area contributed by atoms with E-state index in [1.54, 1.807) is 6.33 Å². The summed E-state index contributed by atoms with van der Waals surface area (Å²) in [4.78, 5) is 15.3. The van der Waals surface area contributed by atoms with Gasteiger partial charge in [-0.2, -0.15) is 0 Å². The van der Waals surface area contributed by atoms with Crippen LogP contribution in [0, 0.1) is 5.92 Å². The number of aryl methyl sites for hydroxylation is 1.